The maximum absolute atomic E-state index is 12.1. The third kappa shape index (κ3) is 2.54. The van der Waals surface area contributed by atoms with Crippen LogP contribution in [0.25, 0.3) is 10.8 Å². The second kappa shape index (κ2) is 5.11. The Labute approximate surface area is 103 Å². The summed E-state index contributed by atoms with van der Waals surface area (Å²) >= 11 is 0. The van der Waals surface area contributed by atoms with Gasteiger partial charge in [-0.15, -0.1) is 0 Å². The van der Waals surface area contributed by atoms with Crippen LogP contribution in [0.2, 0.25) is 0 Å². The van der Waals surface area contributed by atoms with Gasteiger partial charge in [0.25, 0.3) is 0 Å². The minimum Gasteiger partial charge on any atom is -0.254 e. The molecule has 0 bridgehead atoms. The Morgan fingerprint density at radius 1 is 1.24 bits per heavy atom. The minimum absolute atomic E-state index is 0.124. The average molecular weight is 243 g/mol. The van der Waals surface area contributed by atoms with Crippen molar-refractivity contribution in [3.05, 3.63) is 42.5 Å². The van der Waals surface area contributed by atoms with Gasteiger partial charge in [-0.25, -0.2) is 0 Å². The molecular formula is C14H13NOS. The Balaban J connectivity index is 2.37. The number of benzene rings is 2. The van der Waals surface area contributed by atoms with Crippen molar-refractivity contribution in [2.75, 3.05) is 0 Å². The normalized spacial score (nSPS) is 14.1. The van der Waals surface area contributed by atoms with Crippen LogP contribution >= 0.6 is 0 Å². The van der Waals surface area contributed by atoms with Crippen molar-refractivity contribution in [2.24, 2.45) is 0 Å². The van der Waals surface area contributed by atoms with Crippen LogP contribution < -0.4 is 0 Å². The highest BCUT2D eigenvalue weighted by molar-refractivity contribution is 7.85. The minimum atomic E-state index is -1.11. The zero-order chi connectivity index (χ0) is 12.3. The van der Waals surface area contributed by atoms with E-state index in [4.69, 9.17) is 5.26 Å². The van der Waals surface area contributed by atoms with E-state index in [-0.39, 0.29) is 5.25 Å². The molecule has 17 heavy (non-hydrogen) atoms. The molecule has 86 valence electrons. The lowest BCUT2D eigenvalue weighted by Crippen LogP contribution is -2.09. The number of nitrogens with zero attached hydrogens (tertiary/aromatic N) is 1. The Morgan fingerprint density at radius 2 is 1.94 bits per heavy atom. The number of hydrogen-bond acceptors (Lipinski definition) is 2. The van der Waals surface area contributed by atoms with Gasteiger partial charge >= 0.3 is 0 Å². The van der Waals surface area contributed by atoms with Crippen LogP contribution in [0.4, 0.5) is 0 Å². The van der Waals surface area contributed by atoms with Crippen molar-refractivity contribution < 1.29 is 4.21 Å². The molecule has 0 N–H and O–H groups in total. The lowest BCUT2D eigenvalue weighted by molar-refractivity contribution is 0.674. The summed E-state index contributed by atoms with van der Waals surface area (Å²) in [5.74, 6) is 0. The molecular weight excluding hydrogens is 230 g/mol. The summed E-state index contributed by atoms with van der Waals surface area (Å²) < 4.78 is 12.1. The number of nitriles is 1. The van der Waals surface area contributed by atoms with Crippen molar-refractivity contribution >= 4 is 21.6 Å². The summed E-state index contributed by atoms with van der Waals surface area (Å²) in [4.78, 5) is 0.798. The van der Waals surface area contributed by atoms with Crippen LogP contribution in [-0.2, 0) is 10.8 Å². The molecule has 2 aromatic carbocycles. The molecule has 0 amide bonds. The molecule has 0 aliphatic rings. The third-order valence-electron chi connectivity index (χ3n) is 2.70. The summed E-state index contributed by atoms with van der Waals surface area (Å²) in [6, 6.07) is 15.8. The van der Waals surface area contributed by atoms with Crippen LogP contribution in [0.1, 0.15) is 13.3 Å². The van der Waals surface area contributed by atoms with Crippen molar-refractivity contribution in [3.63, 3.8) is 0 Å². The average Bonchev–Trinajstić information content (AvgIpc) is 2.37. The van der Waals surface area contributed by atoms with E-state index in [0.29, 0.717) is 6.42 Å². The van der Waals surface area contributed by atoms with Gasteiger partial charge in [0.05, 0.1) is 16.9 Å². The number of rotatable bonds is 3. The van der Waals surface area contributed by atoms with E-state index >= 15 is 0 Å². The predicted octanol–water partition coefficient (Wildman–Crippen LogP) is 3.25. The molecule has 0 saturated heterocycles. The van der Waals surface area contributed by atoms with E-state index in [0.717, 1.165) is 15.7 Å². The van der Waals surface area contributed by atoms with Crippen molar-refractivity contribution in [1.82, 2.24) is 0 Å². The first-order valence-corrected chi connectivity index (χ1v) is 6.70. The van der Waals surface area contributed by atoms with Crippen molar-refractivity contribution in [2.45, 2.75) is 23.5 Å². The molecule has 2 atom stereocenters. The Hall–Kier alpha value is -1.66. The molecule has 0 spiro atoms. The van der Waals surface area contributed by atoms with Gasteiger partial charge in [-0.2, -0.15) is 5.26 Å². The van der Waals surface area contributed by atoms with E-state index < -0.39 is 10.8 Å². The first kappa shape index (κ1) is 11.8. The summed E-state index contributed by atoms with van der Waals surface area (Å²) in [5.41, 5.74) is 0. The van der Waals surface area contributed by atoms with Gasteiger partial charge in [0.1, 0.15) is 0 Å². The fourth-order valence-corrected chi connectivity index (χ4v) is 2.86. The predicted molar refractivity (Wildman–Crippen MR) is 70.0 cm³/mol. The second-order valence-corrected chi connectivity index (χ2v) is 5.85. The summed E-state index contributed by atoms with van der Waals surface area (Å²) in [5, 5.41) is 10.7. The topological polar surface area (TPSA) is 40.9 Å². The Kier molecular flexibility index (Phi) is 3.55. The van der Waals surface area contributed by atoms with E-state index in [1.165, 1.54) is 0 Å². The standard InChI is InChI=1S/C14H13NOS/c1-11(8-9-15)17(16)14-7-6-12-4-2-3-5-13(12)10-14/h2-7,10-11H,8H2,1H3. The first-order chi connectivity index (χ1) is 8.22. The molecule has 0 radical (unpaired) electrons. The highest BCUT2D eigenvalue weighted by atomic mass is 32.2. The maximum atomic E-state index is 12.1. The van der Waals surface area contributed by atoms with Gasteiger partial charge in [-0.05, 0) is 29.8 Å². The van der Waals surface area contributed by atoms with Crippen molar-refractivity contribution in [1.29, 1.82) is 5.26 Å². The van der Waals surface area contributed by atoms with Crippen LogP contribution in [-0.4, -0.2) is 9.46 Å². The Bertz CT molecular complexity index is 600. The van der Waals surface area contributed by atoms with E-state index in [1.807, 2.05) is 49.4 Å². The first-order valence-electron chi connectivity index (χ1n) is 5.48. The van der Waals surface area contributed by atoms with E-state index in [2.05, 4.69) is 6.07 Å². The zero-order valence-corrected chi connectivity index (χ0v) is 10.4. The molecule has 0 heterocycles. The van der Waals surface area contributed by atoms with Crippen LogP contribution in [0.3, 0.4) is 0 Å². The molecule has 2 rings (SSSR count). The molecule has 2 unspecified atom stereocenters. The van der Waals surface area contributed by atoms with Crippen molar-refractivity contribution in [3.8, 4) is 6.07 Å². The molecule has 2 nitrogen and oxygen atoms in total. The molecule has 0 saturated carbocycles. The van der Waals surface area contributed by atoms with Gasteiger partial charge < -0.3 is 0 Å². The van der Waals surface area contributed by atoms with Crippen LogP contribution in [0, 0.1) is 11.3 Å². The second-order valence-electron chi connectivity index (χ2n) is 3.98. The Morgan fingerprint density at radius 3 is 2.65 bits per heavy atom. The van der Waals surface area contributed by atoms with E-state index in [9.17, 15) is 4.21 Å². The molecule has 0 aliphatic heterocycles. The third-order valence-corrected chi connectivity index (χ3v) is 4.31. The SMILES string of the molecule is CC(CC#N)S(=O)c1ccc2ccccc2c1. The lowest BCUT2D eigenvalue weighted by Gasteiger charge is -2.08. The maximum Gasteiger partial charge on any atom is 0.0634 e. The van der Waals surface area contributed by atoms with Gasteiger partial charge in [-0.1, -0.05) is 30.3 Å². The lowest BCUT2D eigenvalue weighted by atomic mass is 10.1. The summed E-state index contributed by atoms with van der Waals surface area (Å²) in [6.07, 6.45) is 0.319. The number of hydrogen-bond donors (Lipinski definition) is 0. The van der Waals surface area contributed by atoms with E-state index in [1.54, 1.807) is 0 Å². The van der Waals surface area contributed by atoms with Gasteiger partial charge in [-0.3, -0.25) is 4.21 Å². The fourth-order valence-electron chi connectivity index (χ4n) is 1.73. The smallest absolute Gasteiger partial charge is 0.0634 e. The number of fused-ring (bicyclic) bond motifs is 1. The van der Waals surface area contributed by atoms with Crippen LogP contribution in [0.15, 0.2) is 47.4 Å². The van der Waals surface area contributed by atoms with Gasteiger partial charge in [0.2, 0.25) is 0 Å². The highest BCUT2D eigenvalue weighted by Gasteiger charge is 2.13. The molecule has 0 aliphatic carbocycles. The largest absolute Gasteiger partial charge is 0.254 e. The highest BCUT2D eigenvalue weighted by Crippen LogP contribution is 2.20. The molecule has 3 heteroatoms. The molecule has 2 aromatic rings. The summed E-state index contributed by atoms with van der Waals surface area (Å²) in [6.45, 7) is 1.84. The van der Waals surface area contributed by atoms with Crippen LogP contribution in [0.5, 0.6) is 0 Å². The molecule has 0 aromatic heterocycles. The van der Waals surface area contributed by atoms with Gasteiger partial charge in [0, 0.05) is 16.6 Å². The summed E-state index contributed by atoms with van der Waals surface area (Å²) in [7, 11) is -1.11. The quantitative estimate of drug-likeness (QED) is 0.830. The molecule has 0 fully saturated rings. The fraction of sp³-hybridized carbons (Fsp3) is 0.214. The zero-order valence-electron chi connectivity index (χ0n) is 9.59. The monoisotopic (exact) mass is 243 g/mol. The van der Waals surface area contributed by atoms with Gasteiger partial charge in [0.15, 0.2) is 0 Å².